The van der Waals surface area contributed by atoms with Crippen LogP contribution in [0.1, 0.15) is 19.5 Å². The third-order valence-corrected chi connectivity index (χ3v) is 3.85. The second-order valence-electron chi connectivity index (χ2n) is 4.69. The maximum absolute atomic E-state index is 12.0. The first kappa shape index (κ1) is 14.7. The van der Waals surface area contributed by atoms with Gasteiger partial charge in [0.1, 0.15) is 5.69 Å². The first-order valence-electron chi connectivity index (χ1n) is 6.31. The molecule has 2 rings (SSSR count). The molecule has 2 aromatic rings. The summed E-state index contributed by atoms with van der Waals surface area (Å²) < 4.78 is 33.4. The predicted molar refractivity (Wildman–Crippen MR) is 76.2 cm³/mol. The lowest BCUT2D eigenvalue weighted by Crippen LogP contribution is -2.21. The van der Waals surface area contributed by atoms with Crippen molar-refractivity contribution in [1.82, 2.24) is 14.6 Å². The van der Waals surface area contributed by atoms with Gasteiger partial charge in [0.05, 0.1) is 24.2 Å². The molecule has 0 saturated carbocycles. The summed E-state index contributed by atoms with van der Waals surface area (Å²) in [6.45, 7) is 5.61. The van der Waals surface area contributed by atoms with E-state index in [4.69, 9.17) is 4.74 Å². The van der Waals surface area contributed by atoms with E-state index >= 15 is 0 Å². The molecule has 7 nitrogen and oxygen atoms in total. The van der Waals surface area contributed by atoms with Crippen molar-refractivity contribution in [2.45, 2.75) is 26.9 Å². The van der Waals surface area contributed by atoms with E-state index in [0.717, 1.165) is 0 Å². The van der Waals surface area contributed by atoms with Crippen LogP contribution in [-0.2, 0) is 14.8 Å². The fourth-order valence-electron chi connectivity index (χ4n) is 1.72. The van der Waals surface area contributed by atoms with Crippen LogP contribution >= 0.6 is 0 Å². The van der Waals surface area contributed by atoms with Crippen molar-refractivity contribution < 1.29 is 13.2 Å². The van der Waals surface area contributed by atoms with Crippen LogP contribution in [0.5, 0.6) is 0 Å². The van der Waals surface area contributed by atoms with Crippen LogP contribution in [0.4, 0.5) is 5.69 Å². The highest BCUT2D eigenvalue weighted by Gasteiger charge is 2.17. The van der Waals surface area contributed by atoms with E-state index in [-0.39, 0.29) is 18.5 Å². The van der Waals surface area contributed by atoms with Gasteiger partial charge in [0.25, 0.3) is 0 Å². The van der Waals surface area contributed by atoms with Gasteiger partial charge in [-0.05, 0) is 26.8 Å². The smallest absolute Gasteiger partial charge is 0.235 e. The predicted octanol–water partition coefficient (Wildman–Crippen LogP) is 1.20. The Labute approximate surface area is 118 Å². The molecule has 2 heterocycles. The van der Waals surface area contributed by atoms with Crippen LogP contribution < -0.4 is 4.72 Å². The van der Waals surface area contributed by atoms with Crippen molar-refractivity contribution in [1.29, 1.82) is 0 Å². The lowest BCUT2D eigenvalue weighted by Gasteiger charge is -2.09. The lowest BCUT2D eigenvalue weighted by molar-refractivity contribution is 0.0913. The summed E-state index contributed by atoms with van der Waals surface area (Å²) in [5, 5.41) is 4.20. The summed E-state index contributed by atoms with van der Waals surface area (Å²) in [6.07, 6.45) is 3.32. The Kier molecular flexibility index (Phi) is 4.24. The van der Waals surface area contributed by atoms with Crippen molar-refractivity contribution in [3.05, 3.63) is 24.2 Å². The van der Waals surface area contributed by atoms with Crippen LogP contribution in [0.25, 0.3) is 5.65 Å². The van der Waals surface area contributed by atoms with Gasteiger partial charge in [0.15, 0.2) is 5.65 Å². The molecule has 0 atom stereocenters. The van der Waals surface area contributed by atoms with Crippen molar-refractivity contribution in [2.24, 2.45) is 0 Å². The molecular formula is C12H18N4O3S. The van der Waals surface area contributed by atoms with Gasteiger partial charge in [-0.2, -0.15) is 5.10 Å². The molecule has 20 heavy (non-hydrogen) atoms. The zero-order valence-electron chi connectivity index (χ0n) is 11.7. The summed E-state index contributed by atoms with van der Waals surface area (Å²) >= 11 is 0. The highest BCUT2D eigenvalue weighted by atomic mass is 32.2. The minimum Gasteiger partial charge on any atom is -0.378 e. The highest BCUT2D eigenvalue weighted by molar-refractivity contribution is 7.92. The monoisotopic (exact) mass is 298 g/mol. The molecule has 0 saturated heterocycles. The van der Waals surface area contributed by atoms with Gasteiger partial charge in [0.2, 0.25) is 10.0 Å². The first-order valence-corrected chi connectivity index (χ1v) is 7.96. The van der Waals surface area contributed by atoms with Crippen molar-refractivity contribution in [3.8, 4) is 0 Å². The largest absolute Gasteiger partial charge is 0.378 e. The van der Waals surface area contributed by atoms with Gasteiger partial charge >= 0.3 is 0 Å². The zero-order valence-corrected chi connectivity index (χ0v) is 12.5. The minimum atomic E-state index is -3.48. The molecule has 0 spiro atoms. The molecule has 0 radical (unpaired) electrons. The molecule has 0 aliphatic rings. The Morgan fingerprint density at radius 1 is 1.45 bits per heavy atom. The molecular weight excluding hydrogens is 280 g/mol. The molecule has 0 amide bonds. The first-order chi connectivity index (χ1) is 9.39. The van der Waals surface area contributed by atoms with Crippen LogP contribution in [0, 0.1) is 6.92 Å². The average Bonchev–Trinajstić information content (AvgIpc) is 2.65. The van der Waals surface area contributed by atoms with Crippen molar-refractivity contribution in [2.75, 3.05) is 17.1 Å². The molecule has 0 aliphatic heterocycles. The standard InChI is InChI=1S/C12H18N4O3S/c1-9(2)19-7-8-20(17,18)15-11-10(3)14-16-6-4-5-13-12(11)16/h4-6,9,15H,7-8H2,1-3H3. The Balaban J connectivity index is 2.17. The van der Waals surface area contributed by atoms with Crippen molar-refractivity contribution >= 4 is 21.4 Å². The van der Waals surface area contributed by atoms with Gasteiger partial charge in [-0.25, -0.2) is 17.9 Å². The molecule has 0 bridgehead atoms. The number of aromatic nitrogens is 3. The number of rotatable bonds is 6. The number of nitrogens with one attached hydrogen (secondary N) is 1. The quantitative estimate of drug-likeness (QED) is 0.866. The summed E-state index contributed by atoms with van der Waals surface area (Å²) in [6, 6.07) is 1.73. The molecule has 0 aromatic carbocycles. The number of anilines is 1. The van der Waals surface area contributed by atoms with E-state index in [0.29, 0.717) is 17.0 Å². The van der Waals surface area contributed by atoms with Crippen LogP contribution in [0.2, 0.25) is 0 Å². The highest BCUT2D eigenvalue weighted by Crippen LogP contribution is 2.20. The number of fused-ring (bicyclic) bond motifs is 1. The van der Waals surface area contributed by atoms with Gasteiger partial charge in [-0.1, -0.05) is 0 Å². The SMILES string of the molecule is Cc1nn2cccnc2c1NS(=O)(=O)CCOC(C)C. The Bertz CT molecular complexity index is 694. The molecule has 0 fully saturated rings. The number of ether oxygens (including phenoxy) is 1. The molecule has 1 N–H and O–H groups in total. The third kappa shape index (κ3) is 3.45. The summed E-state index contributed by atoms with van der Waals surface area (Å²) in [5.41, 5.74) is 1.48. The number of sulfonamides is 1. The Morgan fingerprint density at radius 2 is 2.20 bits per heavy atom. The van der Waals surface area contributed by atoms with Gasteiger partial charge < -0.3 is 4.74 Å². The van der Waals surface area contributed by atoms with Gasteiger partial charge in [0, 0.05) is 12.4 Å². The van der Waals surface area contributed by atoms with Crippen LogP contribution in [0.3, 0.4) is 0 Å². The minimum absolute atomic E-state index is 0.00517. The lowest BCUT2D eigenvalue weighted by atomic mass is 10.4. The summed E-state index contributed by atoms with van der Waals surface area (Å²) in [4.78, 5) is 4.14. The summed E-state index contributed by atoms with van der Waals surface area (Å²) in [7, 11) is -3.48. The van der Waals surface area contributed by atoms with E-state index in [1.54, 1.807) is 25.4 Å². The normalized spacial score (nSPS) is 12.2. The number of nitrogens with zero attached hydrogens (tertiary/aromatic N) is 3. The van der Waals surface area contributed by atoms with E-state index in [1.807, 2.05) is 13.8 Å². The van der Waals surface area contributed by atoms with E-state index < -0.39 is 10.0 Å². The number of aryl methyl sites for hydroxylation is 1. The average molecular weight is 298 g/mol. The fourth-order valence-corrected chi connectivity index (χ4v) is 2.68. The molecule has 110 valence electrons. The zero-order chi connectivity index (χ0) is 14.8. The molecule has 0 unspecified atom stereocenters. The van der Waals surface area contributed by atoms with E-state index in [2.05, 4.69) is 14.8 Å². The van der Waals surface area contributed by atoms with Gasteiger partial charge in [-0.3, -0.25) is 4.72 Å². The van der Waals surface area contributed by atoms with E-state index in [1.165, 1.54) is 4.52 Å². The third-order valence-electron chi connectivity index (χ3n) is 2.63. The topological polar surface area (TPSA) is 85.6 Å². The second-order valence-corrected chi connectivity index (χ2v) is 6.53. The maximum atomic E-state index is 12.0. The summed E-state index contributed by atoms with van der Waals surface area (Å²) in [5.74, 6) is -0.102. The van der Waals surface area contributed by atoms with Crippen LogP contribution in [0.15, 0.2) is 18.5 Å². The maximum Gasteiger partial charge on any atom is 0.235 e. The number of hydrogen-bond donors (Lipinski definition) is 1. The van der Waals surface area contributed by atoms with Gasteiger partial charge in [-0.15, -0.1) is 0 Å². The number of hydrogen-bond acceptors (Lipinski definition) is 5. The van der Waals surface area contributed by atoms with Crippen molar-refractivity contribution in [3.63, 3.8) is 0 Å². The van der Waals surface area contributed by atoms with E-state index in [9.17, 15) is 8.42 Å². The second kappa shape index (κ2) is 5.76. The Hall–Kier alpha value is -1.67. The molecule has 0 aliphatic carbocycles. The molecule has 8 heteroatoms. The Morgan fingerprint density at radius 3 is 2.90 bits per heavy atom. The fraction of sp³-hybridized carbons (Fsp3) is 0.500. The van der Waals surface area contributed by atoms with Crippen LogP contribution in [-0.4, -0.2) is 41.5 Å². The molecule has 2 aromatic heterocycles.